The lowest BCUT2D eigenvalue weighted by Crippen LogP contribution is -2.20. The second-order valence-electron chi connectivity index (χ2n) is 6.18. The van der Waals surface area contributed by atoms with Crippen molar-refractivity contribution in [1.29, 1.82) is 0 Å². The van der Waals surface area contributed by atoms with Gasteiger partial charge in [-0.15, -0.1) is 0 Å². The lowest BCUT2D eigenvalue weighted by Gasteiger charge is -2.12. The van der Waals surface area contributed by atoms with Gasteiger partial charge in [-0.3, -0.25) is 0 Å². The highest BCUT2D eigenvalue weighted by Gasteiger charge is 2.20. The molecular formula is C21H23ClN2O4. The standard InChI is InChI=1S/C21H23ClN2O4/c1-13-9-16(11-17(22)10-13)15(3)23-28-12-19-14(2)7-6-8-18(19)20(24-27-5)21(25)26-4/h6-11H,12H2,1-5H3/b23-15+,24-20+. The van der Waals surface area contributed by atoms with Gasteiger partial charge in [0, 0.05) is 21.7 Å². The number of methoxy groups -OCH3 is 1. The van der Waals surface area contributed by atoms with Crippen molar-refractivity contribution in [2.45, 2.75) is 27.4 Å². The van der Waals surface area contributed by atoms with Gasteiger partial charge in [0.25, 0.3) is 0 Å². The third-order valence-corrected chi connectivity index (χ3v) is 4.32. The summed E-state index contributed by atoms with van der Waals surface area (Å²) in [6.45, 7) is 5.88. The minimum Gasteiger partial charge on any atom is -0.464 e. The van der Waals surface area contributed by atoms with Crippen LogP contribution in [-0.2, 0) is 25.8 Å². The molecule has 0 unspecified atom stereocenters. The number of ether oxygens (including phenoxy) is 1. The van der Waals surface area contributed by atoms with Crippen LogP contribution < -0.4 is 0 Å². The number of nitrogens with zero attached hydrogens (tertiary/aromatic N) is 2. The molecule has 7 heteroatoms. The molecule has 0 amide bonds. The number of hydrogen-bond acceptors (Lipinski definition) is 6. The Balaban J connectivity index is 2.29. The van der Waals surface area contributed by atoms with Gasteiger partial charge >= 0.3 is 5.97 Å². The Hall–Kier alpha value is -2.86. The molecule has 0 aliphatic heterocycles. The molecule has 0 radical (unpaired) electrons. The first-order valence-corrected chi connectivity index (χ1v) is 8.97. The van der Waals surface area contributed by atoms with Crippen LogP contribution in [0.5, 0.6) is 0 Å². The van der Waals surface area contributed by atoms with Crippen LogP contribution in [0.4, 0.5) is 0 Å². The number of carbonyl (C=O) groups is 1. The van der Waals surface area contributed by atoms with Gasteiger partial charge in [-0.25, -0.2) is 4.79 Å². The quantitative estimate of drug-likeness (QED) is 0.390. The van der Waals surface area contributed by atoms with Crippen molar-refractivity contribution in [2.24, 2.45) is 10.3 Å². The second-order valence-corrected chi connectivity index (χ2v) is 6.62. The Morgan fingerprint density at radius 2 is 1.86 bits per heavy atom. The number of carbonyl (C=O) groups excluding carboxylic acids is 1. The first kappa shape index (κ1) is 21.4. The van der Waals surface area contributed by atoms with Crippen LogP contribution in [0.1, 0.15) is 34.7 Å². The molecule has 2 aromatic carbocycles. The minimum absolute atomic E-state index is 0.0680. The summed E-state index contributed by atoms with van der Waals surface area (Å²) in [4.78, 5) is 22.5. The van der Waals surface area contributed by atoms with Gasteiger partial charge in [-0.1, -0.05) is 40.1 Å². The monoisotopic (exact) mass is 402 g/mol. The Morgan fingerprint density at radius 1 is 1.11 bits per heavy atom. The molecule has 0 saturated heterocycles. The van der Waals surface area contributed by atoms with Crippen molar-refractivity contribution < 1.29 is 19.2 Å². The van der Waals surface area contributed by atoms with Crippen LogP contribution in [0.15, 0.2) is 46.7 Å². The molecule has 0 aliphatic rings. The van der Waals surface area contributed by atoms with E-state index in [4.69, 9.17) is 26.0 Å². The summed E-state index contributed by atoms with van der Waals surface area (Å²) >= 11 is 6.11. The van der Waals surface area contributed by atoms with Crippen LogP contribution in [0, 0.1) is 13.8 Å². The first-order valence-electron chi connectivity index (χ1n) is 8.59. The summed E-state index contributed by atoms with van der Waals surface area (Å²) in [7, 11) is 2.66. The van der Waals surface area contributed by atoms with Crippen molar-refractivity contribution in [3.05, 3.63) is 69.2 Å². The predicted molar refractivity (Wildman–Crippen MR) is 110 cm³/mol. The van der Waals surface area contributed by atoms with Gasteiger partial charge in [0.2, 0.25) is 0 Å². The van der Waals surface area contributed by atoms with Crippen LogP contribution in [0.3, 0.4) is 0 Å². The van der Waals surface area contributed by atoms with Crippen LogP contribution in [0.2, 0.25) is 5.02 Å². The van der Waals surface area contributed by atoms with Gasteiger partial charge in [0.05, 0.1) is 12.8 Å². The van der Waals surface area contributed by atoms with E-state index in [9.17, 15) is 4.79 Å². The maximum atomic E-state index is 12.1. The van der Waals surface area contributed by atoms with Crippen LogP contribution in [-0.4, -0.2) is 31.6 Å². The maximum absolute atomic E-state index is 12.1. The smallest absolute Gasteiger partial charge is 0.360 e. The van der Waals surface area contributed by atoms with E-state index in [-0.39, 0.29) is 12.3 Å². The summed E-state index contributed by atoms with van der Waals surface area (Å²) in [6.07, 6.45) is 0. The number of halogens is 1. The highest BCUT2D eigenvalue weighted by atomic mass is 35.5. The molecule has 0 fully saturated rings. The second kappa shape index (κ2) is 9.90. The average molecular weight is 403 g/mol. The van der Waals surface area contributed by atoms with Crippen molar-refractivity contribution in [3.63, 3.8) is 0 Å². The Kier molecular flexibility index (Phi) is 7.58. The summed E-state index contributed by atoms with van der Waals surface area (Å²) in [5.41, 5.74) is 4.94. The van der Waals surface area contributed by atoms with Crippen LogP contribution in [0.25, 0.3) is 0 Å². The normalized spacial score (nSPS) is 11.9. The van der Waals surface area contributed by atoms with Crippen molar-refractivity contribution in [1.82, 2.24) is 0 Å². The summed E-state index contributed by atoms with van der Waals surface area (Å²) in [5, 5.41) is 8.65. The molecule has 2 rings (SSSR count). The largest absolute Gasteiger partial charge is 0.464 e. The highest BCUT2D eigenvalue weighted by Crippen LogP contribution is 2.19. The van der Waals surface area contributed by atoms with E-state index in [0.29, 0.717) is 16.3 Å². The molecule has 0 spiro atoms. The van der Waals surface area contributed by atoms with E-state index >= 15 is 0 Å². The van der Waals surface area contributed by atoms with E-state index in [1.165, 1.54) is 14.2 Å². The lowest BCUT2D eigenvalue weighted by atomic mass is 9.99. The summed E-state index contributed by atoms with van der Waals surface area (Å²) in [5.74, 6) is -0.595. The molecule has 148 valence electrons. The summed E-state index contributed by atoms with van der Waals surface area (Å²) < 4.78 is 4.81. The fraction of sp³-hybridized carbons (Fsp3) is 0.286. The van der Waals surface area contributed by atoms with Gasteiger partial charge < -0.3 is 14.4 Å². The first-order chi connectivity index (χ1) is 13.4. The zero-order chi connectivity index (χ0) is 20.7. The molecule has 0 atom stereocenters. The van der Waals surface area contributed by atoms with E-state index in [2.05, 4.69) is 10.3 Å². The van der Waals surface area contributed by atoms with Crippen molar-refractivity contribution >= 4 is 29.0 Å². The number of oxime groups is 2. The topological polar surface area (TPSA) is 69.5 Å². The molecule has 0 aliphatic carbocycles. The SMILES string of the molecule is CO/N=C(/C(=O)OC)c1cccc(C)c1CO/N=C(\C)c1cc(C)cc(Cl)c1. The number of esters is 1. The molecule has 2 aromatic rings. The molecule has 28 heavy (non-hydrogen) atoms. The molecule has 0 bridgehead atoms. The zero-order valence-electron chi connectivity index (χ0n) is 16.6. The molecule has 0 saturated carbocycles. The Morgan fingerprint density at radius 3 is 2.50 bits per heavy atom. The van der Waals surface area contributed by atoms with Crippen molar-refractivity contribution in [2.75, 3.05) is 14.2 Å². The van der Waals surface area contributed by atoms with E-state index in [0.717, 1.165) is 22.3 Å². The van der Waals surface area contributed by atoms with Crippen LogP contribution >= 0.6 is 11.6 Å². The summed E-state index contributed by atoms with van der Waals surface area (Å²) in [6, 6.07) is 11.2. The fourth-order valence-corrected chi connectivity index (χ4v) is 2.98. The molecular weight excluding hydrogens is 380 g/mol. The van der Waals surface area contributed by atoms with Crippen molar-refractivity contribution in [3.8, 4) is 0 Å². The maximum Gasteiger partial charge on any atom is 0.360 e. The third-order valence-electron chi connectivity index (χ3n) is 4.10. The predicted octanol–water partition coefficient (Wildman–Crippen LogP) is 4.42. The molecule has 0 N–H and O–H groups in total. The van der Waals surface area contributed by atoms with Gasteiger partial charge in [0.15, 0.2) is 5.71 Å². The lowest BCUT2D eigenvalue weighted by molar-refractivity contribution is -0.132. The molecule has 0 heterocycles. The van der Waals surface area contributed by atoms with Gasteiger partial charge in [-0.2, -0.15) is 0 Å². The number of hydrogen-bond donors (Lipinski definition) is 0. The van der Waals surface area contributed by atoms with E-state index < -0.39 is 5.97 Å². The zero-order valence-corrected chi connectivity index (χ0v) is 17.3. The minimum atomic E-state index is -0.595. The van der Waals surface area contributed by atoms with Gasteiger partial charge in [-0.05, 0) is 50.1 Å². The molecule has 6 nitrogen and oxygen atoms in total. The average Bonchev–Trinajstić information content (AvgIpc) is 2.66. The molecule has 0 aromatic heterocycles. The number of rotatable bonds is 7. The fourth-order valence-electron chi connectivity index (χ4n) is 2.69. The van der Waals surface area contributed by atoms with E-state index in [1.807, 2.05) is 51.1 Å². The Labute approximate surface area is 169 Å². The Bertz CT molecular complexity index is 902. The van der Waals surface area contributed by atoms with E-state index in [1.54, 1.807) is 6.07 Å². The number of benzene rings is 2. The number of aryl methyl sites for hydroxylation is 2. The third kappa shape index (κ3) is 5.33. The highest BCUT2D eigenvalue weighted by molar-refractivity contribution is 6.43. The van der Waals surface area contributed by atoms with Gasteiger partial charge in [0.1, 0.15) is 13.7 Å².